The first-order valence-corrected chi connectivity index (χ1v) is 8.53. The first-order valence-electron chi connectivity index (χ1n) is 6.99. The number of hydrogen-bond donors (Lipinski definition) is 2. The molecule has 6 heteroatoms. The van der Waals surface area contributed by atoms with Gasteiger partial charge in [-0.25, -0.2) is 13.1 Å². The highest BCUT2D eigenvalue weighted by Gasteiger charge is 2.28. The van der Waals surface area contributed by atoms with Crippen molar-refractivity contribution in [2.75, 3.05) is 33.2 Å². The van der Waals surface area contributed by atoms with Crippen molar-refractivity contribution in [1.82, 2.24) is 14.9 Å². The molecule has 2 aliphatic rings. The lowest BCUT2D eigenvalue weighted by Crippen LogP contribution is -2.49. The van der Waals surface area contributed by atoms with Gasteiger partial charge in [-0.3, -0.25) is 0 Å². The summed E-state index contributed by atoms with van der Waals surface area (Å²) >= 11 is 0. The Morgan fingerprint density at radius 1 is 1.28 bits per heavy atom. The predicted molar refractivity (Wildman–Crippen MR) is 73.1 cm³/mol. The number of piperidine rings is 2. The molecule has 0 bridgehead atoms. The summed E-state index contributed by atoms with van der Waals surface area (Å²) in [5.41, 5.74) is 0. The zero-order valence-corrected chi connectivity index (χ0v) is 12.0. The monoisotopic (exact) mass is 275 g/mol. The summed E-state index contributed by atoms with van der Waals surface area (Å²) in [7, 11) is -1.06. The second-order valence-corrected chi connectivity index (χ2v) is 7.54. The number of nitrogens with zero attached hydrogens (tertiary/aromatic N) is 1. The fourth-order valence-electron chi connectivity index (χ4n) is 2.82. The highest BCUT2D eigenvalue weighted by atomic mass is 32.2. The lowest BCUT2D eigenvalue weighted by Gasteiger charge is -2.33. The van der Waals surface area contributed by atoms with Gasteiger partial charge in [0.05, 0.1) is 5.25 Å². The van der Waals surface area contributed by atoms with E-state index in [-0.39, 0.29) is 5.25 Å². The van der Waals surface area contributed by atoms with E-state index in [1.807, 2.05) is 0 Å². The van der Waals surface area contributed by atoms with Crippen molar-refractivity contribution in [3.63, 3.8) is 0 Å². The van der Waals surface area contributed by atoms with E-state index in [0.29, 0.717) is 19.1 Å². The number of sulfonamides is 1. The number of likely N-dealkylation sites (tertiary alicyclic amines) is 1. The van der Waals surface area contributed by atoms with Gasteiger partial charge in [-0.1, -0.05) is 6.42 Å². The molecule has 2 heterocycles. The normalized spacial score (nSPS) is 31.4. The van der Waals surface area contributed by atoms with E-state index in [0.717, 1.165) is 32.4 Å². The van der Waals surface area contributed by atoms with Gasteiger partial charge in [0.1, 0.15) is 0 Å². The summed E-state index contributed by atoms with van der Waals surface area (Å²) in [6, 6.07) is 0.366. The molecule has 2 aliphatic heterocycles. The summed E-state index contributed by atoms with van der Waals surface area (Å²) in [5.74, 6) is 0. The molecule has 2 unspecified atom stereocenters. The summed E-state index contributed by atoms with van der Waals surface area (Å²) in [4.78, 5) is 2.27. The SMILES string of the molecule is CN1CCCCC1CNS(=O)(=O)C1CCCNC1. The van der Waals surface area contributed by atoms with E-state index in [1.165, 1.54) is 12.8 Å². The molecule has 0 radical (unpaired) electrons. The first-order chi connectivity index (χ1) is 8.59. The third-order valence-electron chi connectivity index (χ3n) is 4.13. The van der Waals surface area contributed by atoms with Crippen molar-refractivity contribution >= 4 is 10.0 Å². The van der Waals surface area contributed by atoms with Gasteiger partial charge >= 0.3 is 0 Å². The van der Waals surface area contributed by atoms with Crippen molar-refractivity contribution in [1.29, 1.82) is 0 Å². The van der Waals surface area contributed by atoms with Gasteiger partial charge < -0.3 is 10.2 Å². The Morgan fingerprint density at radius 3 is 2.78 bits per heavy atom. The predicted octanol–water partition coefficient (Wildman–Crippen LogP) is 0.142. The quantitative estimate of drug-likeness (QED) is 0.766. The van der Waals surface area contributed by atoms with Crippen LogP contribution in [0, 0.1) is 0 Å². The number of likely N-dealkylation sites (N-methyl/N-ethyl adjacent to an activating group) is 1. The number of rotatable bonds is 4. The molecule has 18 heavy (non-hydrogen) atoms. The molecule has 2 atom stereocenters. The van der Waals surface area contributed by atoms with Crippen LogP contribution in [0.15, 0.2) is 0 Å². The molecule has 2 saturated heterocycles. The second-order valence-electron chi connectivity index (χ2n) is 5.49. The second kappa shape index (κ2) is 6.32. The fourth-order valence-corrected chi connectivity index (χ4v) is 4.29. The maximum atomic E-state index is 12.2. The van der Waals surface area contributed by atoms with Crippen LogP contribution in [-0.4, -0.2) is 57.8 Å². The average Bonchev–Trinajstić information content (AvgIpc) is 2.39. The van der Waals surface area contributed by atoms with Gasteiger partial charge in [0.15, 0.2) is 0 Å². The lowest BCUT2D eigenvalue weighted by atomic mass is 10.0. The molecule has 2 rings (SSSR count). The van der Waals surface area contributed by atoms with Crippen LogP contribution in [0.5, 0.6) is 0 Å². The van der Waals surface area contributed by atoms with E-state index in [2.05, 4.69) is 22.0 Å². The van der Waals surface area contributed by atoms with Crippen molar-refractivity contribution in [3.8, 4) is 0 Å². The van der Waals surface area contributed by atoms with E-state index in [9.17, 15) is 8.42 Å². The van der Waals surface area contributed by atoms with Crippen LogP contribution in [0.4, 0.5) is 0 Å². The zero-order chi connectivity index (χ0) is 13.0. The van der Waals surface area contributed by atoms with E-state index in [4.69, 9.17) is 0 Å². The molecule has 2 N–H and O–H groups in total. The van der Waals surface area contributed by atoms with E-state index < -0.39 is 10.0 Å². The van der Waals surface area contributed by atoms with Crippen LogP contribution in [0.3, 0.4) is 0 Å². The fraction of sp³-hybridized carbons (Fsp3) is 1.00. The minimum atomic E-state index is -3.15. The van der Waals surface area contributed by atoms with Gasteiger partial charge in [0.25, 0.3) is 0 Å². The highest BCUT2D eigenvalue weighted by Crippen LogP contribution is 2.15. The highest BCUT2D eigenvalue weighted by molar-refractivity contribution is 7.90. The van der Waals surface area contributed by atoms with Crippen LogP contribution in [0.2, 0.25) is 0 Å². The Balaban J connectivity index is 1.84. The van der Waals surface area contributed by atoms with Gasteiger partial charge in [0, 0.05) is 19.1 Å². The largest absolute Gasteiger partial charge is 0.315 e. The Labute approximate surface area is 110 Å². The van der Waals surface area contributed by atoms with Gasteiger partial charge in [-0.05, 0) is 45.8 Å². The maximum absolute atomic E-state index is 12.2. The minimum absolute atomic E-state index is 0.250. The molecule has 0 aromatic rings. The molecular weight excluding hydrogens is 250 g/mol. The van der Waals surface area contributed by atoms with Gasteiger partial charge in [-0.15, -0.1) is 0 Å². The third-order valence-corrected chi connectivity index (χ3v) is 5.98. The summed E-state index contributed by atoms with van der Waals surface area (Å²) in [5, 5.41) is 2.91. The topological polar surface area (TPSA) is 61.4 Å². The molecule has 0 spiro atoms. The summed E-state index contributed by atoms with van der Waals surface area (Å²) in [6.07, 6.45) is 5.27. The van der Waals surface area contributed by atoms with Crippen molar-refractivity contribution in [3.05, 3.63) is 0 Å². The average molecular weight is 275 g/mol. The van der Waals surface area contributed by atoms with Crippen LogP contribution in [0.1, 0.15) is 32.1 Å². The van der Waals surface area contributed by atoms with Crippen LogP contribution >= 0.6 is 0 Å². The lowest BCUT2D eigenvalue weighted by molar-refractivity contribution is 0.187. The Bertz CT molecular complexity index is 352. The van der Waals surface area contributed by atoms with Gasteiger partial charge in [0.2, 0.25) is 10.0 Å². The molecule has 0 aromatic carbocycles. The zero-order valence-electron chi connectivity index (χ0n) is 11.2. The first kappa shape index (κ1) is 14.2. The van der Waals surface area contributed by atoms with E-state index >= 15 is 0 Å². The minimum Gasteiger partial charge on any atom is -0.315 e. The van der Waals surface area contributed by atoms with Crippen LogP contribution in [0.25, 0.3) is 0 Å². The molecule has 0 aromatic heterocycles. The number of hydrogen-bond acceptors (Lipinski definition) is 4. The molecular formula is C12H25N3O2S. The Hall–Kier alpha value is -0.170. The Morgan fingerprint density at radius 2 is 2.11 bits per heavy atom. The molecule has 0 amide bonds. The standard InChI is InChI=1S/C12H25N3O2S/c1-15-8-3-2-5-11(15)9-14-18(16,17)12-6-4-7-13-10-12/h11-14H,2-10H2,1H3. The Kier molecular flexibility index (Phi) is 5.00. The third kappa shape index (κ3) is 3.66. The van der Waals surface area contributed by atoms with Crippen molar-refractivity contribution in [2.45, 2.75) is 43.4 Å². The van der Waals surface area contributed by atoms with Crippen molar-refractivity contribution < 1.29 is 8.42 Å². The smallest absolute Gasteiger partial charge is 0.215 e. The summed E-state index contributed by atoms with van der Waals surface area (Å²) < 4.78 is 27.1. The van der Waals surface area contributed by atoms with Crippen LogP contribution in [-0.2, 0) is 10.0 Å². The van der Waals surface area contributed by atoms with E-state index in [1.54, 1.807) is 0 Å². The molecule has 0 saturated carbocycles. The maximum Gasteiger partial charge on any atom is 0.215 e. The van der Waals surface area contributed by atoms with Crippen LogP contribution < -0.4 is 10.0 Å². The van der Waals surface area contributed by atoms with Crippen molar-refractivity contribution in [2.24, 2.45) is 0 Å². The molecule has 5 nitrogen and oxygen atoms in total. The summed E-state index contributed by atoms with van der Waals surface area (Å²) in [6.45, 7) is 3.18. The van der Waals surface area contributed by atoms with Gasteiger partial charge in [-0.2, -0.15) is 0 Å². The molecule has 106 valence electrons. The number of nitrogens with one attached hydrogen (secondary N) is 2. The molecule has 0 aliphatic carbocycles. The molecule has 2 fully saturated rings.